The Morgan fingerprint density at radius 2 is 1.96 bits per heavy atom. The van der Waals surface area contributed by atoms with Gasteiger partial charge in [0, 0.05) is 32.2 Å². The van der Waals surface area contributed by atoms with Crippen LogP contribution in [0.4, 0.5) is 5.82 Å². The quantitative estimate of drug-likeness (QED) is 0.911. The minimum Gasteiger partial charge on any atom is -0.508 e. The fourth-order valence-electron chi connectivity index (χ4n) is 2.60. The first-order valence-corrected chi connectivity index (χ1v) is 7.85. The van der Waals surface area contributed by atoms with Gasteiger partial charge in [-0.05, 0) is 18.2 Å². The first-order valence-electron chi connectivity index (χ1n) is 7.47. The van der Waals surface area contributed by atoms with Crippen molar-refractivity contribution in [3.63, 3.8) is 0 Å². The lowest BCUT2D eigenvalue weighted by Crippen LogP contribution is -2.49. The van der Waals surface area contributed by atoms with E-state index < -0.39 is 0 Å². The lowest BCUT2D eigenvalue weighted by Gasteiger charge is -2.35. The van der Waals surface area contributed by atoms with E-state index in [-0.39, 0.29) is 11.7 Å². The van der Waals surface area contributed by atoms with Gasteiger partial charge in [0.15, 0.2) is 0 Å². The molecule has 1 fully saturated rings. The highest BCUT2D eigenvalue weighted by molar-refractivity contribution is 6.33. The second-order valence-electron chi connectivity index (χ2n) is 5.36. The van der Waals surface area contributed by atoms with Gasteiger partial charge in [0.25, 0.3) is 5.91 Å². The van der Waals surface area contributed by atoms with Gasteiger partial charge in [-0.15, -0.1) is 0 Å². The molecule has 1 amide bonds. The first-order chi connectivity index (χ1) is 11.6. The molecule has 1 aromatic heterocycles. The van der Waals surface area contributed by atoms with Crippen LogP contribution >= 0.6 is 11.6 Å². The maximum absolute atomic E-state index is 12.6. The molecule has 1 aromatic carbocycles. The standard InChI is InChI=1S/C16H17ClN4O3/c1-24-15-9-14(18-10-19-15)20-4-6-21(7-5-20)16(23)12-8-11(22)2-3-13(12)17/h2-3,8-10,22H,4-7H2,1H3. The van der Waals surface area contributed by atoms with Crippen LogP contribution in [0.25, 0.3) is 0 Å². The van der Waals surface area contributed by atoms with Gasteiger partial charge in [-0.25, -0.2) is 9.97 Å². The van der Waals surface area contributed by atoms with E-state index in [1.165, 1.54) is 24.5 Å². The zero-order valence-corrected chi connectivity index (χ0v) is 13.9. The zero-order valence-electron chi connectivity index (χ0n) is 13.1. The van der Waals surface area contributed by atoms with Crippen LogP contribution in [0, 0.1) is 0 Å². The molecule has 0 aliphatic carbocycles. The van der Waals surface area contributed by atoms with Crippen molar-refractivity contribution in [3.8, 4) is 11.6 Å². The van der Waals surface area contributed by atoms with Crippen LogP contribution in [0.15, 0.2) is 30.6 Å². The van der Waals surface area contributed by atoms with Crippen molar-refractivity contribution in [1.82, 2.24) is 14.9 Å². The van der Waals surface area contributed by atoms with Crippen LogP contribution in [0.1, 0.15) is 10.4 Å². The fraction of sp³-hybridized carbons (Fsp3) is 0.312. The Morgan fingerprint density at radius 3 is 2.67 bits per heavy atom. The van der Waals surface area contributed by atoms with Gasteiger partial charge in [0.2, 0.25) is 5.88 Å². The topological polar surface area (TPSA) is 78.8 Å². The number of aromatic hydroxyl groups is 1. The number of ether oxygens (including phenoxy) is 1. The molecule has 1 saturated heterocycles. The number of piperazine rings is 1. The van der Waals surface area contributed by atoms with E-state index in [2.05, 4.69) is 14.9 Å². The number of hydrogen-bond donors (Lipinski definition) is 1. The molecule has 1 N–H and O–H groups in total. The number of carbonyl (C=O) groups is 1. The summed E-state index contributed by atoms with van der Waals surface area (Å²) >= 11 is 6.07. The normalized spacial score (nSPS) is 14.6. The predicted molar refractivity (Wildman–Crippen MR) is 89.8 cm³/mol. The molecule has 0 bridgehead atoms. The van der Waals surface area contributed by atoms with Gasteiger partial charge in [0.1, 0.15) is 17.9 Å². The summed E-state index contributed by atoms with van der Waals surface area (Å²) in [6.45, 7) is 2.36. The van der Waals surface area contributed by atoms with Crippen molar-refractivity contribution in [2.45, 2.75) is 0 Å². The Kier molecular flexibility index (Phi) is 4.71. The summed E-state index contributed by atoms with van der Waals surface area (Å²) in [7, 11) is 1.56. The molecule has 2 aromatic rings. The maximum Gasteiger partial charge on any atom is 0.255 e. The van der Waals surface area contributed by atoms with E-state index in [9.17, 15) is 9.90 Å². The Balaban J connectivity index is 1.68. The summed E-state index contributed by atoms with van der Waals surface area (Å²) in [6.07, 6.45) is 1.46. The van der Waals surface area contributed by atoms with Crippen molar-refractivity contribution in [2.75, 3.05) is 38.2 Å². The number of benzene rings is 1. The highest BCUT2D eigenvalue weighted by Crippen LogP contribution is 2.24. The third kappa shape index (κ3) is 3.35. The number of phenolic OH excluding ortho intramolecular Hbond substituents is 1. The van der Waals surface area contributed by atoms with Crippen molar-refractivity contribution in [2.24, 2.45) is 0 Å². The van der Waals surface area contributed by atoms with Crippen molar-refractivity contribution < 1.29 is 14.6 Å². The van der Waals surface area contributed by atoms with Crippen molar-refractivity contribution >= 4 is 23.3 Å². The molecule has 1 aliphatic rings. The summed E-state index contributed by atoms with van der Waals surface area (Å²) in [4.78, 5) is 24.6. The maximum atomic E-state index is 12.6. The van der Waals surface area contributed by atoms with Crippen molar-refractivity contribution in [3.05, 3.63) is 41.2 Å². The molecule has 24 heavy (non-hydrogen) atoms. The lowest BCUT2D eigenvalue weighted by molar-refractivity contribution is 0.0746. The molecule has 7 nitrogen and oxygen atoms in total. The predicted octanol–water partition coefficient (Wildman–Crippen LogP) is 1.81. The minimum atomic E-state index is -0.184. The third-order valence-corrected chi connectivity index (χ3v) is 4.24. The largest absolute Gasteiger partial charge is 0.508 e. The second-order valence-corrected chi connectivity index (χ2v) is 5.77. The van der Waals surface area contributed by atoms with Crippen LogP contribution in [0.2, 0.25) is 5.02 Å². The summed E-state index contributed by atoms with van der Waals surface area (Å²) < 4.78 is 5.11. The lowest BCUT2D eigenvalue weighted by atomic mass is 10.1. The Morgan fingerprint density at radius 1 is 1.21 bits per heavy atom. The molecule has 1 aliphatic heterocycles. The first kappa shape index (κ1) is 16.3. The average Bonchev–Trinajstić information content (AvgIpc) is 2.63. The smallest absolute Gasteiger partial charge is 0.255 e. The van der Waals surface area contributed by atoms with Gasteiger partial charge < -0.3 is 19.6 Å². The number of halogens is 1. The number of methoxy groups -OCH3 is 1. The molecule has 8 heteroatoms. The van der Waals surface area contributed by atoms with Crippen LogP contribution < -0.4 is 9.64 Å². The molecule has 0 atom stereocenters. The van der Waals surface area contributed by atoms with E-state index in [1.54, 1.807) is 18.1 Å². The molecule has 3 rings (SSSR count). The Hall–Kier alpha value is -2.54. The Bertz CT molecular complexity index is 748. The second kappa shape index (κ2) is 6.92. The Labute approximate surface area is 144 Å². The molecule has 0 spiro atoms. The number of rotatable bonds is 3. The molecule has 126 valence electrons. The van der Waals surface area contributed by atoms with E-state index in [4.69, 9.17) is 16.3 Å². The van der Waals surface area contributed by atoms with E-state index in [1.807, 2.05) is 0 Å². The van der Waals surface area contributed by atoms with Gasteiger partial charge in [-0.2, -0.15) is 0 Å². The van der Waals surface area contributed by atoms with Gasteiger partial charge in [0.05, 0.1) is 17.7 Å². The summed E-state index contributed by atoms with van der Waals surface area (Å²) in [6, 6.07) is 6.14. The van der Waals surface area contributed by atoms with Gasteiger partial charge >= 0.3 is 0 Å². The number of anilines is 1. The minimum absolute atomic E-state index is 0.0227. The number of aromatic nitrogens is 2. The van der Waals surface area contributed by atoms with Crippen LogP contribution in [-0.2, 0) is 0 Å². The number of carbonyl (C=O) groups excluding carboxylic acids is 1. The summed E-state index contributed by atoms with van der Waals surface area (Å²) in [5.41, 5.74) is 0.314. The number of phenols is 1. The monoisotopic (exact) mass is 348 g/mol. The number of nitrogens with zero attached hydrogens (tertiary/aromatic N) is 4. The highest BCUT2D eigenvalue weighted by Gasteiger charge is 2.24. The average molecular weight is 349 g/mol. The van der Waals surface area contributed by atoms with E-state index >= 15 is 0 Å². The fourth-order valence-corrected chi connectivity index (χ4v) is 2.80. The molecule has 0 unspecified atom stereocenters. The summed E-state index contributed by atoms with van der Waals surface area (Å²) in [5, 5.41) is 9.90. The number of hydrogen-bond acceptors (Lipinski definition) is 6. The van der Waals surface area contributed by atoms with E-state index in [0.717, 1.165) is 5.82 Å². The SMILES string of the molecule is COc1cc(N2CCN(C(=O)c3cc(O)ccc3Cl)CC2)ncn1. The molecular formula is C16H17ClN4O3. The zero-order chi connectivity index (χ0) is 17.1. The van der Waals surface area contributed by atoms with Crippen LogP contribution in [0.3, 0.4) is 0 Å². The van der Waals surface area contributed by atoms with E-state index in [0.29, 0.717) is 42.6 Å². The van der Waals surface area contributed by atoms with Gasteiger partial charge in [-0.3, -0.25) is 4.79 Å². The molecule has 2 heterocycles. The van der Waals surface area contributed by atoms with Crippen LogP contribution in [0.5, 0.6) is 11.6 Å². The van der Waals surface area contributed by atoms with Crippen LogP contribution in [-0.4, -0.2) is 59.2 Å². The van der Waals surface area contributed by atoms with Gasteiger partial charge in [-0.1, -0.05) is 11.6 Å². The molecular weight excluding hydrogens is 332 g/mol. The number of amides is 1. The molecule has 0 radical (unpaired) electrons. The third-order valence-electron chi connectivity index (χ3n) is 3.91. The highest BCUT2D eigenvalue weighted by atomic mass is 35.5. The van der Waals surface area contributed by atoms with Crippen molar-refractivity contribution in [1.29, 1.82) is 0 Å². The molecule has 0 saturated carbocycles. The summed E-state index contributed by atoms with van der Waals surface area (Å²) in [5.74, 6) is 1.11.